The van der Waals surface area contributed by atoms with E-state index in [1.54, 1.807) is 36.5 Å². The molecule has 0 unspecified atom stereocenters. The summed E-state index contributed by atoms with van der Waals surface area (Å²) in [5, 5.41) is 6.78. The van der Waals surface area contributed by atoms with E-state index in [0.717, 1.165) is 32.4 Å². The van der Waals surface area contributed by atoms with Crippen LogP contribution in [0.3, 0.4) is 0 Å². The monoisotopic (exact) mass is 476 g/mol. The number of rotatable bonds is 4. The first-order valence-corrected chi connectivity index (χ1v) is 11.0. The van der Waals surface area contributed by atoms with Crippen molar-refractivity contribution in [1.82, 2.24) is 14.2 Å². The highest BCUT2D eigenvalue weighted by Gasteiger charge is 2.14. The zero-order valence-corrected chi connectivity index (χ0v) is 19.1. The van der Waals surface area contributed by atoms with Crippen LogP contribution in [0.25, 0.3) is 21.8 Å². The van der Waals surface area contributed by atoms with Gasteiger partial charge in [-0.25, -0.2) is 4.79 Å². The van der Waals surface area contributed by atoms with E-state index in [1.165, 1.54) is 0 Å². The second-order valence-corrected chi connectivity index (χ2v) is 8.52. The predicted molar refractivity (Wildman–Crippen MR) is 134 cm³/mol. The number of benzene rings is 3. The van der Waals surface area contributed by atoms with Crippen molar-refractivity contribution in [2.75, 3.05) is 0 Å². The Hall–Kier alpha value is -3.61. The fourth-order valence-electron chi connectivity index (χ4n) is 4.02. The smallest absolute Gasteiger partial charge is 0.340 e. The van der Waals surface area contributed by atoms with Gasteiger partial charge in [0.15, 0.2) is 0 Å². The molecule has 5 rings (SSSR count). The lowest BCUT2D eigenvalue weighted by molar-refractivity contribution is 0.770. The number of aromatic amines is 1. The van der Waals surface area contributed by atoms with Crippen LogP contribution in [0.15, 0.2) is 81.4 Å². The summed E-state index contributed by atoms with van der Waals surface area (Å²) in [5.41, 5.74) is 3.07. The van der Waals surface area contributed by atoms with Gasteiger partial charge in [0.25, 0.3) is 5.56 Å². The Kier molecular flexibility index (Phi) is 5.40. The van der Waals surface area contributed by atoms with Crippen LogP contribution in [-0.4, -0.2) is 20.4 Å². The zero-order valence-electron chi connectivity index (χ0n) is 17.5. The summed E-state index contributed by atoms with van der Waals surface area (Å²) < 4.78 is 2.98. The van der Waals surface area contributed by atoms with Gasteiger partial charge in [-0.15, -0.1) is 4.68 Å². The Morgan fingerprint density at radius 1 is 0.970 bits per heavy atom. The number of para-hydroxylation sites is 2. The molecule has 0 atom stereocenters. The molecule has 6 nitrogen and oxygen atoms in total. The number of aromatic nitrogens is 3. The van der Waals surface area contributed by atoms with Crippen molar-refractivity contribution in [2.45, 2.75) is 13.5 Å². The fourth-order valence-corrected chi connectivity index (χ4v) is 4.49. The molecule has 1 N–H and O–H groups in total. The summed E-state index contributed by atoms with van der Waals surface area (Å²) in [5.74, 6) is 0. The van der Waals surface area contributed by atoms with Crippen LogP contribution in [0.5, 0.6) is 0 Å². The van der Waals surface area contributed by atoms with Crippen LogP contribution in [0, 0.1) is 6.92 Å². The van der Waals surface area contributed by atoms with Crippen LogP contribution in [0.1, 0.15) is 16.8 Å². The molecule has 0 aliphatic rings. The van der Waals surface area contributed by atoms with Gasteiger partial charge in [-0.1, -0.05) is 59.6 Å². The number of hydrogen-bond donors (Lipinski definition) is 1. The number of nitrogens with one attached hydrogen (secondary N) is 1. The second kappa shape index (κ2) is 8.39. The van der Waals surface area contributed by atoms with Crippen molar-refractivity contribution < 1.29 is 0 Å². The third-order valence-electron chi connectivity index (χ3n) is 5.71. The highest BCUT2D eigenvalue weighted by atomic mass is 35.5. The Labute approximate surface area is 198 Å². The van der Waals surface area contributed by atoms with Crippen LogP contribution in [0.4, 0.5) is 0 Å². The van der Waals surface area contributed by atoms with Crippen molar-refractivity contribution >= 4 is 51.2 Å². The van der Waals surface area contributed by atoms with E-state index < -0.39 is 11.2 Å². The summed E-state index contributed by atoms with van der Waals surface area (Å²) in [6.07, 6.45) is 1.56. The van der Waals surface area contributed by atoms with Crippen LogP contribution in [0.2, 0.25) is 10.0 Å². The molecule has 164 valence electrons. The van der Waals surface area contributed by atoms with Crippen molar-refractivity contribution in [3.8, 4) is 0 Å². The minimum absolute atomic E-state index is 0.394. The average molecular weight is 477 g/mol. The van der Waals surface area contributed by atoms with E-state index in [1.807, 2.05) is 43.3 Å². The SMILES string of the molecule is Cc1c(C=Nn2c(=O)[nH]c3ccccc3c2=O)c2ccccc2n1Cc1ccc(Cl)cc1Cl. The van der Waals surface area contributed by atoms with Gasteiger partial charge in [0.2, 0.25) is 0 Å². The number of halogens is 2. The molecular weight excluding hydrogens is 459 g/mol. The molecule has 8 heteroatoms. The number of H-pyrrole nitrogens is 1. The van der Waals surface area contributed by atoms with Crippen molar-refractivity contribution in [3.05, 3.63) is 114 Å². The van der Waals surface area contributed by atoms with E-state index >= 15 is 0 Å². The average Bonchev–Trinajstić information content (AvgIpc) is 3.06. The third-order valence-corrected chi connectivity index (χ3v) is 6.30. The van der Waals surface area contributed by atoms with Crippen LogP contribution >= 0.6 is 23.2 Å². The summed E-state index contributed by atoms with van der Waals surface area (Å²) in [4.78, 5) is 28.0. The number of fused-ring (bicyclic) bond motifs is 2. The maximum Gasteiger partial charge on any atom is 0.349 e. The lowest BCUT2D eigenvalue weighted by Crippen LogP contribution is -2.32. The highest BCUT2D eigenvalue weighted by molar-refractivity contribution is 6.35. The molecule has 0 aliphatic carbocycles. The maximum absolute atomic E-state index is 12.8. The predicted octanol–water partition coefficient (Wildman–Crippen LogP) is 5.19. The number of nitrogens with zero attached hydrogens (tertiary/aromatic N) is 3. The van der Waals surface area contributed by atoms with Gasteiger partial charge < -0.3 is 9.55 Å². The first kappa shape index (κ1) is 21.2. The Morgan fingerprint density at radius 3 is 2.48 bits per heavy atom. The minimum atomic E-state index is -0.593. The zero-order chi connectivity index (χ0) is 23.1. The summed E-state index contributed by atoms with van der Waals surface area (Å²) in [7, 11) is 0. The standard InChI is InChI=1S/C25H18Cl2N4O2/c1-15-20(13-28-31-24(32)19-7-2-4-8-22(19)29-25(31)33)18-6-3-5-9-23(18)30(15)14-16-10-11-17(26)12-21(16)27/h2-13H,14H2,1H3,(H,29,33). The first-order chi connectivity index (χ1) is 15.9. The van der Waals surface area contributed by atoms with Crippen molar-refractivity contribution in [2.24, 2.45) is 5.10 Å². The summed E-state index contributed by atoms with van der Waals surface area (Å²) >= 11 is 12.5. The van der Waals surface area contributed by atoms with Crippen LogP contribution < -0.4 is 11.2 Å². The van der Waals surface area contributed by atoms with Gasteiger partial charge in [0.1, 0.15) is 0 Å². The normalized spacial score (nSPS) is 11.7. The molecule has 0 spiro atoms. The molecule has 0 saturated heterocycles. The molecule has 0 fully saturated rings. The van der Waals surface area contributed by atoms with Gasteiger partial charge in [-0.2, -0.15) is 5.10 Å². The first-order valence-electron chi connectivity index (χ1n) is 10.2. The lowest BCUT2D eigenvalue weighted by atomic mass is 10.1. The van der Waals surface area contributed by atoms with Gasteiger partial charge in [-0.05, 0) is 42.8 Å². The van der Waals surface area contributed by atoms with E-state index in [2.05, 4.69) is 14.7 Å². The molecule has 33 heavy (non-hydrogen) atoms. The second-order valence-electron chi connectivity index (χ2n) is 7.68. The third kappa shape index (κ3) is 3.77. The highest BCUT2D eigenvalue weighted by Crippen LogP contribution is 2.28. The van der Waals surface area contributed by atoms with Gasteiger partial charge in [0, 0.05) is 38.8 Å². The lowest BCUT2D eigenvalue weighted by Gasteiger charge is -2.10. The van der Waals surface area contributed by atoms with Crippen molar-refractivity contribution in [3.63, 3.8) is 0 Å². The molecule has 3 aromatic carbocycles. The summed E-state index contributed by atoms with van der Waals surface area (Å²) in [6, 6.07) is 20.2. The van der Waals surface area contributed by atoms with Crippen molar-refractivity contribution in [1.29, 1.82) is 0 Å². The van der Waals surface area contributed by atoms with Gasteiger partial charge >= 0.3 is 5.69 Å². The molecule has 0 aliphatic heterocycles. The topological polar surface area (TPSA) is 72.2 Å². The largest absolute Gasteiger partial charge is 0.349 e. The fraction of sp³-hybridized carbons (Fsp3) is 0.0800. The molecule has 0 radical (unpaired) electrons. The minimum Gasteiger partial charge on any atom is -0.340 e. The van der Waals surface area contributed by atoms with E-state index in [0.29, 0.717) is 27.5 Å². The van der Waals surface area contributed by atoms with E-state index in [4.69, 9.17) is 23.2 Å². The molecule has 0 amide bonds. The Balaban J connectivity index is 1.64. The number of hydrogen-bond acceptors (Lipinski definition) is 3. The maximum atomic E-state index is 12.8. The van der Waals surface area contributed by atoms with E-state index in [9.17, 15) is 9.59 Å². The van der Waals surface area contributed by atoms with Crippen LogP contribution in [-0.2, 0) is 6.54 Å². The molecule has 0 saturated carbocycles. The molecule has 2 aromatic heterocycles. The molecule has 2 heterocycles. The summed E-state index contributed by atoms with van der Waals surface area (Å²) in [6.45, 7) is 2.51. The molecular formula is C25H18Cl2N4O2. The Bertz CT molecular complexity index is 1680. The van der Waals surface area contributed by atoms with Gasteiger partial charge in [-0.3, -0.25) is 4.79 Å². The van der Waals surface area contributed by atoms with E-state index in [-0.39, 0.29) is 0 Å². The quantitative estimate of drug-likeness (QED) is 0.362. The Morgan fingerprint density at radius 2 is 1.70 bits per heavy atom. The molecule has 0 bridgehead atoms. The van der Waals surface area contributed by atoms with Gasteiger partial charge in [0.05, 0.1) is 17.1 Å². The molecule has 5 aromatic rings.